The molecule has 1 aliphatic rings. The van der Waals surface area contributed by atoms with Gasteiger partial charge in [0.2, 0.25) is 5.91 Å². The maximum atomic E-state index is 12.3. The third-order valence-corrected chi connectivity index (χ3v) is 4.73. The number of aryl methyl sites for hydroxylation is 1. The topological polar surface area (TPSA) is 50.8 Å². The molecule has 1 N–H and O–H groups in total. The summed E-state index contributed by atoms with van der Waals surface area (Å²) in [5, 5.41) is 3.47. The first-order chi connectivity index (χ1) is 12.7. The van der Waals surface area contributed by atoms with E-state index in [1.807, 2.05) is 42.5 Å². The Morgan fingerprint density at radius 2 is 1.92 bits per heavy atom. The molecule has 1 amide bonds. The lowest BCUT2D eigenvalue weighted by Crippen LogP contribution is -2.36. The van der Waals surface area contributed by atoms with E-state index in [1.54, 1.807) is 7.11 Å². The maximum Gasteiger partial charge on any atom is 0.224 e. The minimum atomic E-state index is -0.0538. The van der Waals surface area contributed by atoms with Crippen molar-refractivity contribution in [1.29, 1.82) is 0 Å². The fraction of sp³-hybridized carbons (Fsp3) is 0.350. The Kier molecular flexibility index (Phi) is 6.36. The van der Waals surface area contributed by atoms with Crippen LogP contribution in [0.3, 0.4) is 0 Å². The van der Waals surface area contributed by atoms with Crippen LogP contribution in [0.2, 0.25) is 5.02 Å². The third-order valence-electron chi connectivity index (χ3n) is 4.40. The molecule has 0 saturated carbocycles. The van der Waals surface area contributed by atoms with Gasteiger partial charge in [0, 0.05) is 25.2 Å². The van der Waals surface area contributed by atoms with Crippen molar-refractivity contribution < 1.29 is 14.3 Å². The van der Waals surface area contributed by atoms with Gasteiger partial charge in [-0.25, -0.2) is 0 Å². The molecule has 3 rings (SSSR count). The van der Waals surface area contributed by atoms with Crippen molar-refractivity contribution in [3.8, 4) is 5.75 Å². The number of methoxy groups -OCH3 is 1. The van der Waals surface area contributed by atoms with Crippen LogP contribution >= 0.6 is 11.6 Å². The number of morpholine rings is 1. The van der Waals surface area contributed by atoms with Crippen LogP contribution in [0.25, 0.3) is 0 Å². The van der Waals surface area contributed by atoms with Crippen LogP contribution in [0, 0.1) is 0 Å². The number of hydrogen-bond donors (Lipinski definition) is 1. The molecule has 0 spiro atoms. The Morgan fingerprint density at radius 3 is 2.62 bits per heavy atom. The second-order valence-electron chi connectivity index (χ2n) is 6.16. The normalized spacial score (nSPS) is 14.2. The fourth-order valence-electron chi connectivity index (χ4n) is 2.89. The van der Waals surface area contributed by atoms with Crippen molar-refractivity contribution in [2.45, 2.75) is 12.8 Å². The van der Waals surface area contributed by atoms with Crippen molar-refractivity contribution in [2.75, 3.05) is 43.6 Å². The molecule has 6 heteroatoms. The highest BCUT2D eigenvalue weighted by Crippen LogP contribution is 2.28. The predicted molar refractivity (Wildman–Crippen MR) is 104 cm³/mol. The molecule has 1 heterocycles. The number of amides is 1. The summed E-state index contributed by atoms with van der Waals surface area (Å²) in [6.07, 6.45) is 1.06. The van der Waals surface area contributed by atoms with Gasteiger partial charge < -0.3 is 19.7 Å². The van der Waals surface area contributed by atoms with Gasteiger partial charge in [-0.2, -0.15) is 0 Å². The number of nitrogens with one attached hydrogen (secondary N) is 1. The maximum absolute atomic E-state index is 12.3. The van der Waals surface area contributed by atoms with Gasteiger partial charge in [-0.05, 0) is 42.3 Å². The van der Waals surface area contributed by atoms with Crippen molar-refractivity contribution in [1.82, 2.24) is 0 Å². The van der Waals surface area contributed by atoms with E-state index in [1.165, 1.54) is 0 Å². The predicted octanol–water partition coefficient (Wildman–Crippen LogP) is 3.76. The zero-order chi connectivity index (χ0) is 18.4. The second kappa shape index (κ2) is 8.92. The van der Waals surface area contributed by atoms with Gasteiger partial charge in [-0.3, -0.25) is 4.79 Å². The molecular weight excluding hydrogens is 352 g/mol. The molecule has 1 aliphatic heterocycles. The molecule has 0 aromatic heterocycles. The van der Waals surface area contributed by atoms with Crippen molar-refractivity contribution in [3.63, 3.8) is 0 Å². The van der Waals surface area contributed by atoms with Gasteiger partial charge >= 0.3 is 0 Å². The van der Waals surface area contributed by atoms with E-state index in [2.05, 4.69) is 10.2 Å². The summed E-state index contributed by atoms with van der Waals surface area (Å²) >= 11 is 6.26. The molecule has 0 atom stereocenters. The van der Waals surface area contributed by atoms with Crippen LogP contribution in [-0.2, 0) is 16.0 Å². The van der Waals surface area contributed by atoms with E-state index >= 15 is 0 Å². The molecule has 0 unspecified atom stereocenters. The van der Waals surface area contributed by atoms with E-state index in [4.69, 9.17) is 21.1 Å². The molecule has 26 heavy (non-hydrogen) atoms. The molecule has 5 nitrogen and oxygen atoms in total. The van der Waals surface area contributed by atoms with Crippen molar-refractivity contribution in [2.24, 2.45) is 0 Å². The third kappa shape index (κ3) is 4.90. The second-order valence-corrected chi connectivity index (χ2v) is 6.57. The minimum Gasteiger partial charge on any atom is -0.497 e. The molecule has 2 aromatic rings. The van der Waals surface area contributed by atoms with Gasteiger partial charge in [-0.1, -0.05) is 23.7 Å². The van der Waals surface area contributed by atoms with Gasteiger partial charge in [0.05, 0.1) is 31.0 Å². The van der Waals surface area contributed by atoms with E-state index in [-0.39, 0.29) is 5.91 Å². The van der Waals surface area contributed by atoms with Gasteiger partial charge in [0.25, 0.3) is 0 Å². The molecule has 0 radical (unpaired) electrons. The number of rotatable bonds is 6. The summed E-state index contributed by atoms with van der Waals surface area (Å²) in [6, 6.07) is 13.5. The molecule has 0 aliphatic carbocycles. The lowest BCUT2D eigenvalue weighted by Gasteiger charge is -2.29. The van der Waals surface area contributed by atoms with Gasteiger partial charge in [0.1, 0.15) is 5.75 Å². The first-order valence-corrected chi connectivity index (χ1v) is 9.08. The molecule has 0 bridgehead atoms. The average molecular weight is 375 g/mol. The number of carbonyl (C=O) groups excluding carboxylic acids is 1. The zero-order valence-corrected chi connectivity index (χ0v) is 15.6. The van der Waals surface area contributed by atoms with Crippen LogP contribution in [-0.4, -0.2) is 39.3 Å². The molecule has 1 fully saturated rings. The quantitative estimate of drug-likeness (QED) is 0.836. The summed E-state index contributed by atoms with van der Waals surface area (Å²) in [5.74, 6) is 0.756. The zero-order valence-electron chi connectivity index (χ0n) is 14.8. The summed E-state index contributed by atoms with van der Waals surface area (Å²) in [5.41, 5.74) is 2.78. The summed E-state index contributed by atoms with van der Waals surface area (Å²) < 4.78 is 10.5. The number of anilines is 2. The lowest BCUT2D eigenvalue weighted by atomic mass is 10.1. The Hall–Kier alpha value is -2.24. The van der Waals surface area contributed by atoms with E-state index in [0.29, 0.717) is 36.8 Å². The van der Waals surface area contributed by atoms with Gasteiger partial charge in [-0.15, -0.1) is 0 Å². The SMILES string of the molecule is COc1ccc(CCC(=O)Nc2cc(N3CCOCC3)ccc2Cl)cc1. The highest BCUT2D eigenvalue weighted by molar-refractivity contribution is 6.33. The van der Waals surface area contributed by atoms with E-state index in [0.717, 1.165) is 30.1 Å². The van der Waals surface area contributed by atoms with Crippen LogP contribution in [0.4, 0.5) is 11.4 Å². The minimum absolute atomic E-state index is 0.0538. The molecule has 138 valence electrons. The van der Waals surface area contributed by atoms with Crippen LogP contribution < -0.4 is 15.0 Å². The highest BCUT2D eigenvalue weighted by atomic mass is 35.5. The molecule has 2 aromatic carbocycles. The smallest absolute Gasteiger partial charge is 0.224 e. The number of halogens is 1. The Bertz CT molecular complexity index is 743. The Morgan fingerprint density at radius 1 is 1.19 bits per heavy atom. The monoisotopic (exact) mass is 374 g/mol. The standard InChI is InChI=1S/C20H23ClN2O3/c1-25-17-6-2-15(3-7-17)4-9-20(24)22-19-14-16(5-8-18(19)21)23-10-12-26-13-11-23/h2-3,5-8,14H,4,9-13H2,1H3,(H,22,24). The number of nitrogens with zero attached hydrogens (tertiary/aromatic N) is 1. The van der Waals surface area contributed by atoms with E-state index < -0.39 is 0 Å². The van der Waals surface area contributed by atoms with E-state index in [9.17, 15) is 4.79 Å². The van der Waals surface area contributed by atoms with Crippen molar-refractivity contribution >= 4 is 28.9 Å². The highest BCUT2D eigenvalue weighted by Gasteiger charge is 2.14. The summed E-state index contributed by atoms with van der Waals surface area (Å²) in [6.45, 7) is 3.11. The Balaban J connectivity index is 1.59. The van der Waals surface area contributed by atoms with Gasteiger partial charge in [0.15, 0.2) is 0 Å². The fourth-order valence-corrected chi connectivity index (χ4v) is 3.05. The number of benzene rings is 2. The number of carbonyl (C=O) groups is 1. The molecule has 1 saturated heterocycles. The van der Waals surface area contributed by atoms with Crippen LogP contribution in [0.15, 0.2) is 42.5 Å². The van der Waals surface area contributed by atoms with Crippen LogP contribution in [0.5, 0.6) is 5.75 Å². The average Bonchev–Trinajstić information content (AvgIpc) is 2.69. The largest absolute Gasteiger partial charge is 0.497 e. The first-order valence-electron chi connectivity index (χ1n) is 8.71. The lowest BCUT2D eigenvalue weighted by molar-refractivity contribution is -0.116. The number of hydrogen-bond acceptors (Lipinski definition) is 4. The molecular formula is C20H23ClN2O3. The number of ether oxygens (including phenoxy) is 2. The first kappa shape index (κ1) is 18.5. The summed E-state index contributed by atoms with van der Waals surface area (Å²) in [7, 11) is 1.64. The van der Waals surface area contributed by atoms with Crippen molar-refractivity contribution in [3.05, 3.63) is 53.1 Å². The Labute approximate surface area is 158 Å². The van der Waals surface area contributed by atoms with Crippen LogP contribution in [0.1, 0.15) is 12.0 Å². The summed E-state index contributed by atoms with van der Waals surface area (Å²) in [4.78, 5) is 14.5.